The third-order valence-electron chi connectivity index (χ3n) is 9.58. The third-order valence-corrected chi connectivity index (χ3v) is 9.58. The number of fused-ring (bicyclic) bond motifs is 2. The lowest BCUT2D eigenvalue weighted by Crippen LogP contribution is -2.47. The van der Waals surface area contributed by atoms with Crippen molar-refractivity contribution in [3.8, 4) is 0 Å². The Kier molecular flexibility index (Phi) is 7.61. The fourth-order valence-corrected chi connectivity index (χ4v) is 7.47. The zero-order valence-corrected chi connectivity index (χ0v) is 21.2. The monoisotopic (exact) mass is 428 g/mol. The van der Waals surface area contributed by atoms with E-state index in [1.54, 1.807) is 0 Å². The van der Waals surface area contributed by atoms with Gasteiger partial charge in [-0.25, -0.2) is 0 Å². The number of hydrogen-bond donors (Lipinski definition) is 1. The van der Waals surface area contributed by atoms with Gasteiger partial charge in [0.1, 0.15) is 0 Å². The smallest absolute Gasteiger partial charge is 0.160 e. The van der Waals surface area contributed by atoms with E-state index < -0.39 is 6.10 Å². The highest BCUT2D eigenvalue weighted by atomic mass is 16.3. The van der Waals surface area contributed by atoms with Crippen molar-refractivity contribution in [1.82, 2.24) is 0 Å². The van der Waals surface area contributed by atoms with Crippen molar-refractivity contribution in [1.29, 1.82) is 0 Å². The lowest BCUT2D eigenvalue weighted by molar-refractivity contribution is -0.122. The minimum Gasteiger partial charge on any atom is -0.389 e. The minimum absolute atomic E-state index is 0.0111. The van der Waals surface area contributed by atoms with Crippen molar-refractivity contribution < 1.29 is 9.90 Å². The van der Waals surface area contributed by atoms with E-state index >= 15 is 0 Å². The van der Waals surface area contributed by atoms with Gasteiger partial charge in [-0.2, -0.15) is 0 Å². The standard InChI is InChI=1S/C29H48O2/c1-8-9-10-16-28(6)17-15-24(30)26-23-14-13-22(21(5)12-11-20(4)19(2)3)29(23,7)18-25(31)27(26)28/h19,21-24,30H,4,8-18H2,1-3,5-7H3/t21-,22-,23+,24?,28+,29-/m1/s1. The second kappa shape index (κ2) is 9.54. The highest BCUT2D eigenvalue weighted by Crippen LogP contribution is 2.63. The number of carbonyl (C=O) groups excluding carboxylic acids is 1. The molecule has 3 rings (SSSR count). The molecule has 1 unspecified atom stereocenters. The van der Waals surface area contributed by atoms with Crippen molar-refractivity contribution in [2.24, 2.45) is 34.5 Å². The molecular formula is C29H48O2. The van der Waals surface area contributed by atoms with Crippen molar-refractivity contribution >= 4 is 5.78 Å². The van der Waals surface area contributed by atoms with Crippen molar-refractivity contribution in [3.05, 3.63) is 23.3 Å². The van der Waals surface area contributed by atoms with Crippen molar-refractivity contribution in [2.75, 3.05) is 0 Å². The van der Waals surface area contributed by atoms with E-state index in [0.29, 0.717) is 35.9 Å². The van der Waals surface area contributed by atoms with Crippen LogP contribution in [0.2, 0.25) is 0 Å². The molecule has 2 heteroatoms. The fraction of sp³-hybridized carbons (Fsp3) is 0.828. The molecule has 1 N–H and O–H groups in total. The maximum Gasteiger partial charge on any atom is 0.160 e. The first kappa shape index (κ1) is 24.7. The molecular weight excluding hydrogens is 380 g/mol. The summed E-state index contributed by atoms with van der Waals surface area (Å²) in [6, 6.07) is 0. The topological polar surface area (TPSA) is 37.3 Å². The number of unbranched alkanes of at least 4 members (excludes halogenated alkanes) is 2. The van der Waals surface area contributed by atoms with Gasteiger partial charge in [0.05, 0.1) is 6.10 Å². The molecule has 0 aliphatic heterocycles. The first-order valence-electron chi connectivity index (χ1n) is 13.2. The Bertz CT molecular complexity index is 716. The molecule has 1 saturated carbocycles. The number of aliphatic hydroxyl groups is 1. The molecule has 2 nitrogen and oxygen atoms in total. The predicted molar refractivity (Wildman–Crippen MR) is 131 cm³/mol. The molecule has 0 spiro atoms. The number of aliphatic hydroxyl groups excluding tert-OH is 1. The molecule has 176 valence electrons. The van der Waals surface area contributed by atoms with Gasteiger partial charge in [0.25, 0.3) is 0 Å². The molecule has 0 radical (unpaired) electrons. The number of hydrogen-bond acceptors (Lipinski definition) is 2. The summed E-state index contributed by atoms with van der Waals surface area (Å²) in [5.74, 6) is 2.46. The van der Waals surface area contributed by atoms with E-state index in [4.69, 9.17) is 0 Å². The molecule has 3 aliphatic rings. The molecule has 0 heterocycles. The van der Waals surface area contributed by atoms with Crippen molar-refractivity contribution in [2.45, 2.75) is 118 Å². The summed E-state index contributed by atoms with van der Waals surface area (Å²) < 4.78 is 0. The number of carbonyl (C=O) groups is 1. The lowest BCUT2D eigenvalue weighted by Gasteiger charge is -2.50. The predicted octanol–water partition coefficient (Wildman–Crippen LogP) is 7.66. The van der Waals surface area contributed by atoms with Crippen LogP contribution < -0.4 is 0 Å². The Hall–Kier alpha value is -0.890. The maximum absolute atomic E-state index is 13.7. The number of allylic oxidation sites excluding steroid dienone is 2. The Morgan fingerprint density at radius 3 is 2.52 bits per heavy atom. The van der Waals surface area contributed by atoms with Crippen LogP contribution in [0, 0.1) is 34.5 Å². The molecule has 0 aromatic carbocycles. The Balaban J connectivity index is 1.86. The Morgan fingerprint density at radius 2 is 1.87 bits per heavy atom. The molecule has 0 aromatic heterocycles. The first-order chi connectivity index (χ1) is 14.5. The van der Waals surface area contributed by atoms with Gasteiger partial charge in [-0.1, -0.05) is 73.0 Å². The van der Waals surface area contributed by atoms with E-state index in [-0.39, 0.29) is 10.8 Å². The number of rotatable bonds is 9. The van der Waals surface area contributed by atoms with E-state index in [9.17, 15) is 9.90 Å². The summed E-state index contributed by atoms with van der Waals surface area (Å²) >= 11 is 0. The first-order valence-corrected chi connectivity index (χ1v) is 13.2. The van der Waals surface area contributed by atoms with Crippen LogP contribution in [0.4, 0.5) is 0 Å². The molecule has 0 bridgehead atoms. The van der Waals surface area contributed by atoms with Crippen LogP contribution in [0.5, 0.6) is 0 Å². The lowest BCUT2D eigenvalue weighted by atomic mass is 9.53. The summed E-state index contributed by atoms with van der Waals surface area (Å²) in [4.78, 5) is 13.7. The van der Waals surface area contributed by atoms with Gasteiger partial charge in [0.2, 0.25) is 0 Å². The average molecular weight is 429 g/mol. The van der Waals surface area contributed by atoms with E-state index in [0.717, 1.165) is 37.7 Å². The fourth-order valence-electron chi connectivity index (χ4n) is 7.47. The second-order valence-electron chi connectivity index (χ2n) is 12.1. The zero-order chi connectivity index (χ0) is 23.0. The highest BCUT2D eigenvalue weighted by Gasteiger charge is 2.57. The largest absolute Gasteiger partial charge is 0.389 e. The molecule has 0 aromatic rings. The van der Waals surface area contributed by atoms with Crippen LogP contribution in [-0.2, 0) is 4.79 Å². The molecule has 0 amide bonds. The van der Waals surface area contributed by atoms with Gasteiger partial charge in [-0.15, -0.1) is 0 Å². The quantitative estimate of drug-likeness (QED) is 0.302. The number of ketones is 1. The molecule has 31 heavy (non-hydrogen) atoms. The maximum atomic E-state index is 13.7. The van der Waals surface area contributed by atoms with E-state index in [1.165, 1.54) is 43.3 Å². The van der Waals surface area contributed by atoms with E-state index in [1.807, 2.05) is 0 Å². The summed E-state index contributed by atoms with van der Waals surface area (Å²) in [6.07, 6.45) is 11.4. The summed E-state index contributed by atoms with van der Waals surface area (Å²) in [7, 11) is 0. The summed E-state index contributed by atoms with van der Waals surface area (Å²) in [5.41, 5.74) is 3.57. The SMILES string of the molecule is C=C(CC[C@@H](C)[C@H]1CC[C@H]2C3=C(C(=O)C[C@]12C)[C@@](C)(CCCCC)CCC3O)C(C)C. The van der Waals surface area contributed by atoms with Gasteiger partial charge in [0.15, 0.2) is 5.78 Å². The zero-order valence-electron chi connectivity index (χ0n) is 21.2. The Labute approximate surface area is 192 Å². The van der Waals surface area contributed by atoms with Crippen LogP contribution in [-0.4, -0.2) is 17.0 Å². The van der Waals surface area contributed by atoms with Crippen molar-refractivity contribution in [3.63, 3.8) is 0 Å². The number of Topliss-reactive ketones (excluding diaryl/α,β-unsaturated/α-hetero) is 1. The van der Waals surface area contributed by atoms with Crippen LogP contribution in [0.1, 0.15) is 112 Å². The third kappa shape index (κ3) is 4.61. The summed E-state index contributed by atoms with van der Waals surface area (Å²) in [6.45, 7) is 18.1. The van der Waals surface area contributed by atoms with Gasteiger partial charge in [0, 0.05) is 12.0 Å². The van der Waals surface area contributed by atoms with E-state index in [2.05, 4.69) is 48.1 Å². The Morgan fingerprint density at radius 1 is 1.16 bits per heavy atom. The molecule has 1 fully saturated rings. The second-order valence-corrected chi connectivity index (χ2v) is 12.1. The minimum atomic E-state index is -0.405. The van der Waals surface area contributed by atoms with Gasteiger partial charge in [-0.05, 0) is 85.0 Å². The van der Waals surface area contributed by atoms with Crippen LogP contribution in [0.25, 0.3) is 0 Å². The van der Waals surface area contributed by atoms with Gasteiger partial charge in [-0.3, -0.25) is 4.79 Å². The molecule has 6 atom stereocenters. The van der Waals surface area contributed by atoms with Gasteiger partial charge >= 0.3 is 0 Å². The summed E-state index contributed by atoms with van der Waals surface area (Å²) in [5, 5.41) is 11.1. The molecule has 3 aliphatic carbocycles. The van der Waals surface area contributed by atoms with Crippen LogP contribution in [0.3, 0.4) is 0 Å². The normalized spacial score (nSPS) is 36.5. The van der Waals surface area contributed by atoms with Crippen LogP contribution >= 0.6 is 0 Å². The van der Waals surface area contributed by atoms with Gasteiger partial charge < -0.3 is 5.11 Å². The average Bonchev–Trinajstić information content (AvgIpc) is 3.04. The highest BCUT2D eigenvalue weighted by molar-refractivity contribution is 5.99. The molecule has 0 saturated heterocycles. The van der Waals surface area contributed by atoms with Crippen LogP contribution in [0.15, 0.2) is 23.3 Å².